The van der Waals surface area contributed by atoms with Crippen molar-refractivity contribution in [3.8, 4) is 17.2 Å². The smallest absolute Gasteiger partial charge is 0.341 e. The second kappa shape index (κ2) is 12.9. The minimum absolute atomic E-state index is 0.170. The van der Waals surface area contributed by atoms with Crippen LogP contribution in [0.2, 0.25) is 10.0 Å². The van der Waals surface area contributed by atoms with Crippen LogP contribution < -0.4 is 19.5 Å². The van der Waals surface area contributed by atoms with Gasteiger partial charge < -0.3 is 24.3 Å². The van der Waals surface area contributed by atoms with Gasteiger partial charge in [0.05, 0.1) is 31.5 Å². The SMILES string of the molecule is CCOC(=O)c1cc(Cl)c(NC(=O)/C=C/c2ccc(OCc3ccc(Cl)cc3)c(OC)c2)cc1OC. The molecule has 7 nitrogen and oxygen atoms in total. The zero-order valence-electron chi connectivity index (χ0n) is 20.0. The number of hydrogen-bond donors (Lipinski definition) is 1. The second-order valence-corrected chi connectivity index (χ2v) is 8.24. The lowest BCUT2D eigenvalue weighted by molar-refractivity contribution is -0.111. The van der Waals surface area contributed by atoms with Crippen molar-refractivity contribution in [3.63, 3.8) is 0 Å². The first-order chi connectivity index (χ1) is 17.3. The molecule has 3 aromatic rings. The Bertz CT molecular complexity index is 1260. The molecule has 1 N–H and O–H groups in total. The van der Waals surface area contributed by atoms with E-state index in [1.165, 1.54) is 25.3 Å². The molecule has 0 aliphatic rings. The number of amides is 1. The van der Waals surface area contributed by atoms with Crippen LogP contribution in [0.5, 0.6) is 17.2 Å². The van der Waals surface area contributed by atoms with Gasteiger partial charge in [-0.3, -0.25) is 4.79 Å². The summed E-state index contributed by atoms with van der Waals surface area (Å²) in [6.45, 7) is 2.26. The van der Waals surface area contributed by atoms with Crippen molar-refractivity contribution in [3.05, 3.63) is 87.4 Å². The summed E-state index contributed by atoms with van der Waals surface area (Å²) in [6.07, 6.45) is 2.98. The van der Waals surface area contributed by atoms with Gasteiger partial charge in [0.25, 0.3) is 0 Å². The number of rotatable bonds is 10. The molecule has 0 aliphatic carbocycles. The molecular weight excluding hydrogens is 505 g/mol. The third kappa shape index (κ3) is 7.16. The van der Waals surface area contributed by atoms with Crippen LogP contribution in [0, 0.1) is 0 Å². The number of methoxy groups -OCH3 is 2. The maximum atomic E-state index is 12.5. The van der Waals surface area contributed by atoms with Gasteiger partial charge in [-0.2, -0.15) is 0 Å². The molecule has 188 valence electrons. The topological polar surface area (TPSA) is 83.1 Å². The van der Waals surface area contributed by atoms with E-state index in [1.54, 1.807) is 50.4 Å². The highest BCUT2D eigenvalue weighted by Gasteiger charge is 2.17. The highest BCUT2D eigenvalue weighted by Crippen LogP contribution is 2.32. The van der Waals surface area contributed by atoms with Crippen LogP contribution in [-0.2, 0) is 16.1 Å². The predicted molar refractivity (Wildman–Crippen MR) is 140 cm³/mol. The molecule has 0 radical (unpaired) electrons. The number of nitrogens with one attached hydrogen (secondary N) is 1. The molecule has 3 rings (SSSR count). The molecule has 1 amide bonds. The van der Waals surface area contributed by atoms with E-state index < -0.39 is 11.9 Å². The summed E-state index contributed by atoms with van der Waals surface area (Å²) in [5.74, 6) is 0.327. The Balaban J connectivity index is 1.68. The number of carbonyl (C=O) groups is 2. The Morgan fingerprint density at radius 2 is 1.64 bits per heavy atom. The Morgan fingerprint density at radius 3 is 2.31 bits per heavy atom. The molecule has 0 fully saturated rings. The normalized spacial score (nSPS) is 10.7. The van der Waals surface area contributed by atoms with Crippen molar-refractivity contribution in [2.75, 3.05) is 26.1 Å². The van der Waals surface area contributed by atoms with Crippen LogP contribution in [0.1, 0.15) is 28.4 Å². The number of esters is 1. The minimum Gasteiger partial charge on any atom is -0.496 e. The zero-order valence-corrected chi connectivity index (χ0v) is 21.5. The summed E-state index contributed by atoms with van der Waals surface area (Å²) in [7, 11) is 2.95. The molecule has 3 aromatic carbocycles. The average Bonchev–Trinajstić information content (AvgIpc) is 2.88. The lowest BCUT2D eigenvalue weighted by Gasteiger charge is -2.12. The molecule has 0 heterocycles. The van der Waals surface area contributed by atoms with Gasteiger partial charge in [0.2, 0.25) is 5.91 Å². The largest absolute Gasteiger partial charge is 0.496 e. The summed E-state index contributed by atoms with van der Waals surface area (Å²) in [5, 5.41) is 3.51. The first kappa shape index (κ1) is 26.9. The van der Waals surface area contributed by atoms with Gasteiger partial charge in [0.15, 0.2) is 11.5 Å². The third-order valence-electron chi connectivity index (χ3n) is 4.96. The molecular formula is C27H25Cl2NO6. The highest BCUT2D eigenvalue weighted by molar-refractivity contribution is 6.34. The highest BCUT2D eigenvalue weighted by atomic mass is 35.5. The van der Waals surface area contributed by atoms with Gasteiger partial charge >= 0.3 is 5.97 Å². The molecule has 36 heavy (non-hydrogen) atoms. The van der Waals surface area contributed by atoms with Gasteiger partial charge in [-0.05, 0) is 54.5 Å². The van der Waals surface area contributed by atoms with Gasteiger partial charge in [0, 0.05) is 17.2 Å². The molecule has 0 aliphatic heterocycles. The number of halogens is 2. The monoisotopic (exact) mass is 529 g/mol. The van der Waals surface area contributed by atoms with Crippen molar-refractivity contribution in [1.29, 1.82) is 0 Å². The number of benzene rings is 3. The zero-order chi connectivity index (χ0) is 26.1. The molecule has 0 spiro atoms. The fraction of sp³-hybridized carbons (Fsp3) is 0.185. The van der Waals surface area contributed by atoms with Gasteiger partial charge in [-0.25, -0.2) is 4.79 Å². The summed E-state index contributed by atoms with van der Waals surface area (Å²) in [5.41, 5.74) is 2.15. The standard InChI is InChI=1S/C27H25Cl2NO6/c1-4-35-27(32)20-14-21(29)22(15-24(20)33-2)30-26(31)12-8-17-7-11-23(25(13-17)34-3)36-16-18-5-9-19(28)10-6-18/h5-15H,4,16H2,1-3H3,(H,30,31)/b12-8+. The van der Waals surface area contributed by atoms with E-state index >= 15 is 0 Å². The Morgan fingerprint density at radius 1 is 0.917 bits per heavy atom. The lowest BCUT2D eigenvalue weighted by atomic mass is 10.1. The summed E-state index contributed by atoms with van der Waals surface area (Å²) in [6, 6.07) is 15.6. The fourth-order valence-corrected chi connectivity index (χ4v) is 3.52. The predicted octanol–water partition coefficient (Wildman–Crippen LogP) is 6.42. The summed E-state index contributed by atoms with van der Waals surface area (Å²) < 4.78 is 21.5. The summed E-state index contributed by atoms with van der Waals surface area (Å²) in [4.78, 5) is 24.6. The van der Waals surface area contributed by atoms with Gasteiger partial charge in [-0.15, -0.1) is 0 Å². The van der Waals surface area contributed by atoms with Crippen LogP contribution >= 0.6 is 23.2 Å². The van der Waals surface area contributed by atoms with Crippen molar-refractivity contribution < 1.29 is 28.5 Å². The van der Waals surface area contributed by atoms with E-state index in [-0.39, 0.29) is 22.9 Å². The van der Waals surface area contributed by atoms with Gasteiger partial charge in [0.1, 0.15) is 17.9 Å². The van der Waals surface area contributed by atoms with Crippen molar-refractivity contribution in [1.82, 2.24) is 0 Å². The van der Waals surface area contributed by atoms with Crippen LogP contribution in [0.15, 0.2) is 60.7 Å². The number of ether oxygens (including phenoxy) is 4. The van der Waals surface area contributed by atoms with Crippen LogP contribution in [0.4, 0.5) is 5.69 Å². The first-order valence-electron chi connectivity index (χ1n) is 10.9. The van der Waals surface area contributed by atoms with Crippen molar-refractivity contribution in [2.24, 2.45) is 0 Å². The lowest BCUT2D eigenvalue weighted by Crippen LogP contribution is -2.11. The molecule has 0 saturated heterocycles. The second-order valence-electron chi connectivity index (χ2n) is 7.40. The van der Waals surface area contributed by atoms with E-state index in [2.05, 4.69) is 5.32 Å². The van der Waals surface area contributed by atoms with Gasteiger partial charge in [-0.1, -0.05) is 41.4 Å². The first-order valence-corrected chi connectivity index (χ1v) is 11.7. The van der Waals surface area contributed by atoms with Crippen molar-refractivity contribution in [2.45, 2.75) is 13.5 Å². The molecule has 0 unspecified atom stereocenters. The Hall–Kier alpha value is -3.68. The number of hydrogen-bond acceptors (Lipinski definition) is 6. The minimum atomic E-state index is -0.566. The number of carbonyl (C=O) groups excluding carboxylic acids is 2. The van der Waals surface area contributed by atoms with E-state index in [0.29, 0.717) is 28.8 Å². The maximum Gasteiger partial charge on any atom is 0.341 e. The number of anilines is 1. The van der Waals surface area contributed by atoms with E-state index in [1.807, 2.05) is 12.1 Å². The van der Waals surface area contributed by atoms with E-state index in [9.17, 15) is 9.59 Å². The van der Waals surface area contributed by atoms with E-state index in [4.69, 9.17) is 42.1 Å². The molecule has 0 saturated carbocycles. The Labute approximate surface area is 219 Å². The maximum absolute atomic E-state index is 12.5. The molecule has 0 bridgehead atoms. The Kier molecular flexibility index (Phi) is 9.61. The average molecular weight is 530 g/mol. The third-order valence-corrected chi connectivity index (χ3v) is 5.53. The van der Waals surface area contributed by atoms with Crippen molar-refractivity contribution >= 4 is 46.8 Å². The van der Waals surface area contributed by atoms with E-state index in [0.717, 1.165) is 11.1 Å². The van der Waals surface area contributed by atoms with Crippen LogP contribution in [-0.4, -0.2) is 32.7 Å². The summed E-state index contributed by atoms with van der Waals surface area (Å²) >= 11 is 12.2. The fourth-order valence-electron chi connectivity index (χ4n) is 3.18. The molecule has 0 aromatic heterocycles. The molecule has 9 heteroatoms. The van der Waals surface area contributed by atoms with Crippen LogP contribution in [0.25, 0.3) is 6.08 Å². The quantitative estimate of drug-likeness (QED) is 0.241. The molecule has 0 atom stereocenters. The van der Waals surface area contributed by atoms with Crippen LogP contribution in [0.3, 0.4) is 0 Å².